The SMILES string of the molecule is CC1/C=C/C=C/C=C/C=C/C=C/C=C/C=C/C(O)CC(O)C(C(=O)O)C(O)CC(=O)CC(O)CC(O)CCCC(=O)CCCC(=O)CC(=O)OC1C(C)CC(C)C(O)CC(=O)c1ccc(N)cc1. The predicted molar refractivity (Wildman–Crippen MR) is 259 cm³/mol. The Kier molecular flexibility index (Phi) is 27.9. The third kappa shape index (κ3) is 24.6. The van der Waals surface area contributed by atoms with E-state index in [2.05, 4.69) is 0 Å². The number of hydrogen-bond donors (Lipinski definition) is 8. The molecule has 0 aromatic heterocycles. The first kappa shape index (κ1) is 58.7. The highest BCUT2D eigenvalue weighted by Crippen LogP contribution is 2.28. The number of ketones is 4. The number of aliphatic hydroxyl groups is 6. The Hall–Kier alpha value is -5.42. The number of ether oxygens (including phenoxy) is 1. The van der Waals surface area contributed by atoms with Crippen LogP contribution in [0.15, 0.2) is 109 Å². The molecule has 1 aliphatic heterocycles. The van der Waals surface area contributed by atoms with Crippen LogP contribution in [0.3, 0.4) is 0 Å². The minimum Gasteiger partial charge on any atom is -0.481 e. The topological polar surface area (TPSA) is 279 Å². The Morgan fingerprint density at radius 1 is 0.691 bits per heavy atom. The lowest BCUT2D eigenvalue weighted by molar-refractivity contribution is -0.156. The van der Waals surface area contributed by atoms with Gasteiger partial charge in [0.2, 0.25) is 0 Å². The Morgan fingerprint density at radius 2 is 1.24 bits per heavy atom. The molecule has 15 heteroatoms. The minimum absolute atomic E-state index is 0.0361. The molecule has 0 fully saturated rings. The van der Waals surface area contributed by atoms with Crippen LogP contribution in [-0.4, -0.2) is 114 Å². The van der Waals surface area contributed by atoms with Crippen LogP contribution in [0.5, 0.6) is 0 Å². The van der Waals surface area contributed by atoms with Gasteiger partial charge in [-0.15, -0.1) is 0 Å². The summed E-state index contributed by atoms with van der Waals surface area (Å²) in [5, 5.41) is 72.9. The summed E-state index contributed by atoms with van der Waals surface area (Å²) in [5.41, 5.74) is 6.70. The lowest BCUT2D eigenvalue weighted by Crippen LogP contribution is -2.41. The van der Waals surface area contributed by atoms with E-state index < -0.39 is 97.8 Å². The summed E-state index contributed by atoms with van der Waals surface area (Å²) < 4.78 is 5.94. The molecule has 0 radical (unpaired) electrons. The van der Waals surface area contributed by atoms with E-state index in [1.165, 1.54) is 12.2 Å². The maximum Gasteiger partial charge on any atom is 0.313 e. The maximum absolute atomic E-state index is 13.2. The molecule has 0 amide bonds. The average molecular weight is 948 g/mol. The van der Waals surface area contributed by atoms with Crippen LogP contribution < -0.4 is 5.73 Å². The molecule has 0 saturated heterocycles. The average Bonchev–Trinajstić information content (AvgIpc) is 3.24. The van der Waals surface area contributed by atoms with Crippen molar-refractivity contribution in [2.45, 2.75) is 147 Å². The molecule has 2 rings (SSSR count). The number of Topliss-reactive ketones (excluding diaryl/α,β-unsaturated/α-hetero) is 4. The molecule has 1 aromatic carbocycles. The summed E-state index contributed by atoms with van der Waals surface area (Å²) in [6.07, 6.45) is 13.9. The van der Waals surface area contributed by atoms with Crippen molar-refractivity contribution in [2.75, 3.05) is 5.73 Å². The van der Waals surface area contributed by atoms with Gasteiger partial charge in [-0.25, -0.2) is 0 Å². The highest BCUT2D eigenvalue weighted by molar-refractivity contribution is 5.97. The van der Waals surface area contributed by atoms with Crippen molar-refractivity contribution < 1.29 is 69.2 Å². The Bertz CT molecular complexity index is 1960. The molecule has 0 aliphatic carbocycles. The Morgan fingerprint density at radius 3 is 1.82 bits per heavy atom. The number of carbonyl (C=O) groups is 6. The third-order valence-electron chi connectivity index (χ3n) is 11.6. The van der Waals surface area contributed by atoms with Crippen molar-refractivity contribution in [3.05, 3.63) is 115 Å². The van der Waals surface area contributed by atoms with Gasteiger partial charge in [0.05, 0.1) is 36.6 Å². The number of carboxylic acid groups (broad SMARTS) is 1. The zero-order valence-electron chi connectivity index (χ0n) is 39.5. The number of rotatable bonds is 8. The fourth-order valence-electron chi connectivity index (χ4n) is 7.85. The van der Waals surface area contributed by atoms with Crippen LogP contribution in [0.25, 0.3) is 0 Å². The quantitative estimate of drug-likeness (QED) is 0.0660. The fourth-order valence-corrected chi connectivity index (χ4v) is 7.85. The number of aliphatic hydroxyl groups excluding tert-OH is 6. The highest BCUT2D eigenvalue weighted by Gasteiger charge is 2.36. The van der Waals surface area contributed by atoms with Crippen LogP contribution >= 0.6 is 0 Å². The van der Waals surface area contributed by atoms with E-state index in [9.17, 15) is 64.5 Å². The van der Waals surface area contributed by atoms with E-state index in [1.807, 2.05) is 32.9 Å². The third-order valence-corrected chi connectivity index (χ3v) is 11.6. The number of allylic oxidation sites excluding steroid dienone is 12. The van der Waals surface area contributed by atoms with E-state index >= 15 is 0 Å². The molecule has 11 unspecified atom stereocenters. The molecule has 68 heavy (non-hydrogen) atoms. The number of carbonyl (C=O) groups excluding carboxylic acids is 5. The van der Waals surface area contributed by atoms with Crippen LogP contribution in [0, 0.1) is 23.7 Å². The largest absolute Gasteiger partial charge is 0.481 e. The first-order valence-corrected chi connectivity index (χ1v) is 23.4. The molecular formula is C53H73NO14. The molecule has 1 aromatic rings. The standard InChI is InChI=1S/C53H73NO14/c1-35-18-14-12-10-8-6-4-5-7-9-11-13-15-19-42(57)31-48(63)51(53(66)67)49(64)32-45(60)30-44(59)29-41(56)22-16-20-40(55)21-17-23-43(58)33-50(65)68-52(35)37(3)28-36(2)46(61)34-47(62)38-24-26-39(54)27-25-38/h4-15,18-19,24-27,35-37,41-42,44,46,48-49,51-52,56-57,59,61,63-64H,16-17,20-23,28-34,54H2,1-3H3,(H,66,67)/b5-4+,8-6+,9-7+,12-10+,13-11+,18-14+,19-15+. The number of anilines is 1. The second kappa shape index (κ2) is 32.4. The zero-order valence-corrected chi connectivity index (χ0v) is 39.5. The first-order chi connectivity index (χ1) is 32.3. The molecule has 1 heterocycles. The molecule has 11 atom stereocenters. The van der Waals surface area contributed by atoms with Gasteiger partial charge in [-0.2, -0.15) is 0 Å². The van der Waals surface area contributed by atoms with Crippen molar-refractivity contribution in [1.29, 1.82) is 0 Å². The van der Waals surface area contributed by atoms with E-state index in [1.54, 1.807) is 85.0 Å². The highest BCUT2D eigenvalue weighted by atomic mass is 16.5. The summed E-state index contributed by atoms with van der Waals surface area (Å²) in [4.78, 5) is 76.0. The number of nitrogens with two attached hydrogens (primary N) is 1. The molecule has 374 valence electrons. The number of hydrogen-bond acceptors (Lipinski definition) is 14. The Balaban J connectivity index is 2.19. The number of aliphatic carboxylic acids is 1. The van der Waals surface area contributed by atoms with Crippen LogP contribution in [-0.2, 0) is 28.7 Å². The van der Waals surface area contributed by atoms with Gasteiger partial charge in [-0.05, 0) is 68.2 Å². The molecule has 1 aliphatic rings. The number of cyclic esters (lactones) is 1. The minimum atomic E-state index is -1.82. The van der Waals surface area contributed by atoms with Crippen molar-refractivity contribution in [1.82, 2.24) is 0 Å². The fraction of sp³-hybridized carbons (Fsp3) is 0.509. The maximum atomic E-state index is 13.2. The van der Waals surface area contributed by atoms with Crippen LogP contribution in [0.1, 0.15) is 115 Å². The summed E-state index contributed by atoms with van der Waals surface area (Å²) in [5.74, 6) is -6.53. The number of carboxylic acids is 1. The van der Waals surface area contributed by atoms with Gasteiger partial charge in [0.25, 0.3) is 0 Å². The summed E-state index contributed by atoms with van der Waals surface area (Å²) in [6.45, 7) is 5.59. The van der Waals surface area contributed by atoms with E-state index in [4.69, 9.17) is 10.5 Å². The normalized spacial score (nSPS) is 30.4. The zero-order chi connectivity index (χ0) is 50.6. The molecule has 15 nitrogen and oxygen atoms in total. The van der Waals surface area contributed by atoms with Gasteiger partial charge in [0.1, 0.15) is 35.8 Å². The van der Waals surface area contributed by atoms with Gasteiger partial charge in [-0.1, -0.05) is 106 Å². The van der Waals surface area contributed by atoms with Gasteiger partial charge < -0.3 is 46.2 Å². The lowest BCUT2D eigenvalue weighted by Gasteiger charge is -2.31. The number of esters is 1. The smallest absolute Gasteiger partial charge is 0.313 e. The molecule has 0 bridgehead atoms. The summed E-state index contributed by atoms with van der Waals surface area (Å²) in [7, 11) is 0. The van der Waals surface area contributed by atoms with Gasteiger partial charge >= 0.3 is 11.9 Å². The molecule has 0 saturated carbocycles. The van der Waals surface area contributed by atoms with Gasteiger partial charge in [0, 0.05) is 62.1 Å². The molecular weight excluding hydrogens is 875 g/mol. The number of benzene rings is 1. The van der Waals surface area contributed by atoms with Crippen molar-refractivity contribution in [2.24, 2.45) is 23.7 Å². The summed E-state index contributed by atoms with van der Waals surface area (Å²) in [6, 6.07) is 6.47. The molecule has 9 N–H and O–H groups in total. The first-order valence-electron chi connectivity index (χ1n) is 23.4. The van der Waals surface area contributed by atoms with Crippen molar-refractivity contribution >= 4 is 40.8 Å². The van der Waals surface area contributed by atoms with E-state index in [0.29, 0.717) is 17.7 Å². The van der Waals surface area contributed by atoms with Crippen molar-refractivity contribution in [3.8, 4) is 0 Å². The number of nitrogen functional groups attached to an aromatic ring is 1. The Labute approximate surface area is 400 Å². The predicted octanol–water partition coefficient (Wildman–Crippen LogP) is 5.82. The monoisotopic (exact) mass is 948 g/mol. The van der Waals surface area contributed by atoms with Crippen LogP contribution in [0.4, 0.5) is 5.69 Å². The summed E-state index contributed by atoms with van der Waals surface area (Å²) >= 11 is 0. The van der Waals surface area contributed by atoms with E-state index in [0.717, 1.165) is 0 Å². The van der Waals surface area contributed by atoms with Gasteiger partial charge in [0.15, 0.2) is 5.78 Å². The van der Waals surface area contributed by atoms with E-state index in [-0.39, 0.29) is 80.7 Å². The second-order valence-electron chi connectivity index (χ2n) is 17.8. The van der Waals surface area contributed by atoms with Crippen LogP contribution in [0.2, 0.25) is 0 Å². The lowest BCUT2D eigenvalue weighted by atomic mass is 9.83. The van der Waals surface area contributed by atoms with Crippen molar-refractivity contribution in [3.63, 3.8) is 0 Å². The molecule has 0 spiro atoms. The van der Waals surface area contributed by atoms with Gasteiger partial charge in [-0.3, -0.25) is 28.8 Å². The second-order valence-corrected chi connectivity index (χ2v) is 17.8.